The van der Waals surface area contributed by atoms with Gasteiger partial charge >= 0.3 is 0 Å². The predicted molar refractivity (Wildman–Crippen MR) is 389 cm³/mol. The summed E-state index contributed by atoms with van der Waals surface area (Å²) in [4.78, 5) is 184. The minimum atomic E-state index is -1.74. The number of aliphatic hydroxyl groups is 2. The van der Waals surface area contributed by atoms with Gasteiger partial charge in [0.2, 0.25) is 76.8 Å². The predicted octanol–water partition coefficient (Wildman–Crippen LogP) is -7.61. The van der Waals surface area contributed by atoms with Crippen molar-refractivity contribution < 1.29 is 72.5 Å². The van der Waals surface area contributed by atoms with Gasteiger partial charge in [-0.3, -0.25) is 72.3 Å². The summed E-state index contributed by atoms with van der Waals surface area (Å²) in [5.41, 5.74) is 47.0. The van der Waals surface area contributed by atoms with Crippen LogP contribution >= 0.6 is 0 Å². The van der Waals surface area contributed by atoms with Crippen LogP contribution in [0.15, 0.2) is 101 Å². The zero-order valence-electron chi connectivity index (χ0n) is 59.4. The van der Waals surface area contributed by atoms with Crippen LogP contribution in [0, 0.1) is 0 Å². The summed E-state index contributed by atoms with van der Waals surface area (Å²) < 4.78 is 0. The average Bonchev–Trinajstić information content (AvgIpc) is 0.872. The van der Waals surface area contributed by atoms with E-state index in [-0.39, 0.29) is 95.8 Å². The van der Waals surface area contributed by atoms with Crippen LogP contribution < -0.4 is 110 Å². The highest BCUT2D eigenvalue weighted by molar-refractivity contribution is 5.99. The molecule has 0 heterocycles. The summed E-state index contributed by atoms with van der Waals surface area (Å²) >= 11 is 0. The molecule has 30 N–H and O–H groups in total. The molecule has 0 spiro atoms. The second kappa shape index (κ2) is 48.1. The second-order valence-electron chi connectivity index (χ2n) is 24.9. The Morgan fingerprint density at radius 3 is 1.16 bits per heavy atom. The number of carbonyl (C=O) groups excluding carboxylic acids is 13. The number of aliphatic imine (C=N–C) groups is 2. The van der Waals surface area contributed by atoms with Gasteiger partial charge in [0.1, 0.15) is 60.4 Å². The highest BCUT2D eigenvalue weighted by Crippen LogP contribution is 2.11. The lowest BCUT2D eigenvalue weighted by Gasteiger charge is -2.26. The van der Waals surface area contributed by atoms with E-state index in [2.05, 4.69) is 73.8 Å². The lowest BCUT2D eigenvalue weighted by Crippen LogP contribution is -2.60. The number of unbranched alkanes of at least 4 members (excludes halogenated alkanes) is 2. The van der Waals surface area contributed by atoms with Gasteiger partial charge in [0, 0.05) is 25.9 Å². The first-order valence-corrected chi connectivity index (χ1v) is 34.5. The van der Waals surface area contributed by atoms with Crippen molar-refractivity contribution in [2.24, 2.45) is 55.9 Å². The number of aliphatic hydroxyl groups excluding tert-OH is 2. The molecule has 0 unspecified atom stereocenters. The summed E-state index contributed by atoms with van der Waals surface area (Å²) in [6.07, 6.45) is 0.182. The van der Waals surface area contributed by atoms with Crippen LogP contribution in [0.2, 0.25) is 0 Å². The number of hydrogen-bond acceptors (Lipinski definition) is 20. The van der Waals surface area contributed by atoms with E-state index in [9.17, 15) is 72.5 Å². The monoisotopic (exact) mass is 1470 g/mol. The molecule has 0 fully saturated rings. The summed E-state index contributed by atoms with van der Waals surface area (Å²) in [7, 11) is 0. The van der Waals surface area contributed by atoms with Gasteiger partial charge in [0.15, 0.2) is 11.9 Å². The third-order valence-corrected chi connectivity index (χ3v) is 16.1. The molecule has 37 nitrogen and oxygen atoms in total. The molecule has 3 rings (SSSR count). The van der Waals surface area contributed by atoms with Gasteiger partial charge in [-0.25, -0.2) is 0 Å². The van der Waals surface area contributed by atoms with Gasteiger partial charge in [0.25, 0.3) is 0 Å². The topological polar surface area (TPSA) is 640 Å². The number of rotatable bonds is 49. The normalized spacial score (nSPS) is 14.3. The first-order chi connectivity index (χ1) is 50.0. The fraction of sp³-hybridized carbons (Fsp3) is 0.515. The molecule has 0 aromatic heterocycles. The molecule has 3 aromatic rings. The number of nitrogens with two attached hydrogens (primary N) is 8. The minimum Gasteiger partial charge on any atom is -0.394 e. The van der Waals surface area contributed by atoms with Gasteiger partial charge in [-0.2, -0.15) is 0 Å². The average molecular weight is 1470 g/mol. The van der Waals surface area contributed by atoms with E-state index < -0.39 is 169 Å². The van der Waals surface area contributed by atoms with Crippen molar-refractivity contribution in [2.75, 3.05) is 45.9 Å². The van der Waals surface area contributed by atoms with Crippen molar-refractivity contribution in [1.29, 1.82) is 0 Å². The fourth-order valence-corrected chi connectivity index (χ4v) is 10.3. The summed E-state index contributed by atoms with van der Waals surface area (Å²) in [5, 5.41) is 50.9. The Balaban J connectivity index is 1.71. The molecule has 578 valence electrons. The zero-order valence-corrected chi connectivity index (χ0v) is 59.4. The van der Waals surface area contributed by atoms with Crippen molar-refractivity contribution in [1.82, 2.24) is 63.8 Å². The van der Waals surface area contributed by atoms with Gasteiger partial charge in [-0.1, -0.05) is 91.0 Å². The van der Waals surface area contributed by atoms with E-state index in [1.807, 2.05) is 6.07 Å². The van der Waals surface area contributed by atoms with E-state index >= 15 is 0 Å². The van der Waals surface area contributed by atoms with Crippen LogP contribution in [-0.4, -0.2) is 217 Å². The number of hydrogen-bond donors (Lipinski definition) is 22. The smallest absolute Gasteiger partial charge is 0.245 e. The van der Waals surface area contributed by atoms with E-state index in [1.165, 1.54) is 20.8 Å². The van der Waals surface area contributed by atoms with E-state index in [0.29, 0.717) is 36.9 Å². The van der Waals surface area contributed by atoms with Crippen molar-refractivity contribution in [3.63, 3.8) is 0 Å². The van der Waals surface area contributed by atoms with Crippen LogP contribution in [0.25, 0.3) is 0 Å². The molecule has 3 aromatic carbocycles. The Bertz CT molecular complexity index is 3370. The lowest BCUT2D eigenvalue weighted by atomic mass is 10.0. The zero-order chi connectivity index (χ0) is 78.0. The SMILES string of the molecule is C[C@H](NC(=O)CNC(=O)[C@@H](NC(=O)[C@H](Cc1ccccc1)NC(=O)CNC(=O)[C@@H](Cc1ccccc1)NC(=O)[C@@H](N)Cc1ccccc1)[C@@H](C)O)C(=O)N[C@@H](CCCN=C(N)N)C(=O)N[C@@H](CCCCN)C(=O)N[C@@H](CO)C(=O)N[C@@H](C)C(=O)N[C@@H](CCCN=C(N)N)C(=O)N[C@@H](CCCCN)C(N)=O. The molecule has 0 saturated heterocycles. The molecule has 37 heteroatoms. The largest absolute Gasteiger partial charge is 0.394 e. The third-order valence-electron chi connectivity index (χ3n) is 16.1. The Labute approximate surface area is 609 Å². The number of guanidine groups is 2. The molecule has 105 heavy (non-hydrogen) atoms. The number of benzene rings is 3. The van der Waals surface area contributed by atoms with Crippen LogP contribution in [0.4, 0.5) is 0 Å². The maximum absolute atomic E-state index is 14.2. The van der Waals surface area contributed by atoms with E-state index in [0.717, 1.165) is 5.56 Å². The molecular weight excluding hydrogens is 1360 g/mol. The van der Waals surface area contributed by atoms with E-state index in [1.54, 1.807) is 84.9 Å². The van der Waals surface area contributed by atoms with E-state index in [4.69, 9.17) is 45.9 Å². The Kier molecular flexibility index (Phi) is 40.5. The standard InChI is InChI=1S/C68H106N22O15/c1-39(81-53(93)36-80-66(105)55(41(3)92)90-64(103)51(35-44-23-11-6-12-24-44)83-54(94)37-79-60(99)50(34-43-21-9-5-10-22-43)88-59(98)45(71)33-42-19-7-4-8-20-42)57(96)85-49(28-18-32-78-68(75)76)62(101)87-47(26-14-16-30-70)63(102)89-52(38-91)65(104)82-40(2)58(97)86-48(27-17-31-77-67(73)74)61(100)84-46(56(72)95)25-13-15-29-69/h4-12,19-24,39-41,45-52,55,91-92H,13-18,25-38,69-71H2,1-3H3,(H2,72,95)(H,79,99)(H,80,105)(H,81,93)(H,82,104)(H,83,94)(H,84,100)(H,85,96)(H,86,97)(H,87,101)(H,88,98)(H,89,102)(H,90,103)(H4,73,74,77)(H4,75,76,78)/t39-,40-,41+,45-,46-,47-,48-,49-,50+,51-,52-,55-/m0/s1. The van der Waals surface area contributed by atoms with Crippen LogP contribution in [0.5, 0.6) is 0 Å². The quantitative estimate of drug-likeness (QED) is 0.0142. The molecule has 0 saturated carbocycles. The molecule has 0 radical (unpaired) electrons. The molecule has 0 aliphatic heterocycles. The van der Waals surface area contributed by atoms with Crippen LogP contribution in [0.1, 0.15) is 102 Å². The first-order valence-electron chi connectivity index (χ1n) is 34.5. The number of primary amides is 1. The number of carbonyl (C=O) groups is 13. The molecule has 0 aliphatic carbocycles. The number of nitrogens with zero attached hydrogens (tertiary/aromatic N) is 2. The van der Waals surface area contributed by atoms with Crippen LogP contribution in [0.3, 0.4) is 0 Å². The van der Waals surface area contributed by atoms with Gasteiger partial charge in [-0.05, 0) is 121 Å². The van der Waals surface area contributed by atoms with Gasteiger partial charge < -0.3 is 120 Å². The van der Waals surface area contributed by atoms with Crippen molar-refractivity contribution in [3.8, 4) is 0 Å². The Morgan fingerprint density at radius 2 is 0.733 bits per heavy atom. The van der Waals surface area contributed by atoms with Gasteiger partial charge in [0.05, 0.1) is 31.8 Å². The summed E-state index contributed by atoms with van der Waals surface area (Å²) in [6.45, 7) is 1.69. The minimum absolute atomic E-state index is 0.0287. The van der Waals surface area contributed by atoms with Crippen molar-refractivity contribution in [3.05, 3.63) is 108 Å². The first kappa shape index (κ1) is 88.3. The third kappa shape index (κ3) is 34.8. The highest BCUT2D eigenvalue weighted by Gasteiger charge is 2.35. The van der Waals surface area contributed by atoms with Crippen molar-refractivity contribution >= 4 is 88.7 Å². The maximum atomic E-state index is 14.2. The maximum Gasteiger partial charge on any atom is 0.245 e. The molecule has 0 bridgehead atoms. The van der Waals surface area contributed by atoms with Crippen LogP contribution in [-0.2, 0) is 81.6 Å². The fourth-order valence-electron chi connectivity index (χ4n) is 10.3. The summed E-state index contributed by atoms with van der Waals surface area (Å²) in [5.74, 6) is -12.1. The Hall–Kier alpha value is -10.9. The number of nitrogens with one attached hydrogen (secondary N) is 12. The molecular formula is C68H106N22O15. The molecule has 12 atom stereocenters. The van der Waals surface area contributed by atoms with Crippen molar-refractivity contribution in [2.45, 2.75) is 177 Å². The highest BCUT2D eigenvalue weighted by atomic mass is 16.3. The second-order valence-corrected chi connectivity index (χ2v) is 24.9. The Morgan fingerprint density at radius 1 is 0.381 bits per heavy atom. The molecule has 0 aliphatic rings. The van der Waals surface area contributed by atoms with Gasteiger partial charge in [-0.15, -0.1) is 0 Å². The molecule has 13 amide bonds. The number of amides is 13. The lowest BCUT2D eigenvalue weighted by molar-refractivity contribution is -0.136. The summed E-state index contributed by atoms with van der Waals surface area (Å²) in [6, 6.07) is 11.0.